The zero-order chi connectivity index (χ0) is 15.8. The van der Waals surface area contributed by atoms with Gasteiger partial charge in [0.25, 0.3) is 0 Å². The van der Waals surface area contributed by atoms with Crippen LogP contribution in [0.1, 0.15) is 57.7 Å². The molecular formula is C18H31NOS. The number of benzene rings is 1. The topological polar surface area (TPSA) is 29.1 Å². The highest BCUT2D eigenvalue weighted by Gasteiger charge is 2.24. The second-order valence-electron chi connectivity index (χ2n) is 6.11. The zero-order valence-electron chi connectivity index (χ0n) is 14.2. The van der Waals surface area contributed by atoms with Gasteiger partial charge in [0.15, 0.2) is 0 Å². The van der Waals surface area contributed by atoms with Gasteiger partial charge >= 0.3 is 0 Å². The molecule has 0 aliphatic carbocycles. The molecule has 4 unspecified atom stereocenters. The van der Waals surface area contributed by atoms with E-state index < -0.39 is 10.8 Å². The van der Waals surface area contributed by atoms with Crippen molar-refractivity contribution < 1.29 is 4.21 Å². The van der Waals surface area contributed by atoms with Gasteiger partial charge in [-0.2, -0.15) is 0 Å². The van der Waals surface area contributed by atoms with E-state index in [0.717, 1.165) is 25.1 Å². The van der Waals surface area contributed by atoms with Crippen LogP contribution in [0.4, 0.5) is 0 Å². The fourth-order valence-electron chi connectivity index (χ4n) is 2.33. The van der Waals surface area contributed by atoms with Crippen molar-refractivity contribution in [2.75, 3.05) is 12.3 Å². The van der Waals surface area contributed by atoms with Gasteiger partial charge in [-0.15, -0.1) is 0 Å². The Hall–Kier alpha value is -0.670. The molecule has 0 heterocycles. The first-order chi connectivity index (χ1) is 9.99. The van der Waals surface area contributed by atoms with Crippen LogP contribution in [0.2, 0.25) is 0 Å². The van der Waals surface area contributed by atoms with Crippen molar-refractivity contribution in [2.45, 2.75) is 58.8 Å². The summed E-state index contributed by atoms with van der Waals surface area (Å²) in [4.78, 5) is 0. The van der Waals surface area contributed by atoms with E-state index in [-0.39, 0.29) is 11.3 Å². The third-order valence-corrected chi connectivity index (χ3v) is 6.08. The van der Waals surface area contributed by atoms with Crippen molar-refractivity contribution in [3.05, 3.63) is 35.4 Å². The maximum Gasteiger partial charge on any atom is 0.0514 e. The average molecular weight is 310 g/mol. The van der Waals surface area contributed by atoms with Crippen molar-refractivity contribution in [1.82, 2.24) is 5.32 Å². The zero-order valence-corrected chi connectivity index (χ0v) is 15.0. The predicted molar refractivity (Wildman–Crippen MR) is 94.1 cm³/mol. The molecule has 0 spiro atoms. The van der Waals surface area contributed by atoms with Crippen LogP contribution in [0.15, 0.2) is 24.3 Å². The van der Waals surface area contributed by atoms with Crippen LogP contribution in [-0.4, -0.2) is 21.8 Å². The molecule has 21 heavy (non-hydrogen) atoms. The van der Waals surface area contributed by atoms with Crippen molar-refractivity contribution in [2.24, 2.45) is 5.92 Å². The number of aryl methyl sites for hydroxylation is 1. The average Bonchev–Trinajstić information content (AvgIpc) is 2.48. The Bertz CT molecular complexity index is 429. The lowest BCUT2D eigenvalue weighted by Gasteiger charge is -2.26. The van der Waals surface area contributed by atoms with E-state index in [0.29, 0.717) is 5.92 Å². The van der Waals surface area contributed by atoms with Crippen LogP contribution in [0, 0.1) is 12.8 Å². The fraction of sp³-hybridized carbons (Fsp3) is 0.667. The molecule has 0 saturated carbocycles. The SMILES string of the molecule is CCCNC(c1ccc(C)cc1)C(C)S(=O)CC(C)CC. The van der Waals surface area contributed by atoms with Crippen LogP contribution < -0.4 is 5.32 Å². The van der Waals surface area contributed by atoms with Gasteiger partial charge in [0, 0.05) is 22.6 Å². The summed E-state index contributed by atoms with van der Waals surface area (Å²) >= 11 is 0. The Morgan fingerprint density at radius 3 is 2.29 bits per heavy atom. The first-order valence-electron chi connectivity index (χ1n) is 8.16. The minimum atomic E-state index is -0.797. The van der Waals surface area contributed by atoms with Gasteiger partial charge in [0.05, 0.1) is 5.25 Å². The van der Waals surface area contributed by atoms with Gasteiger partial charge < -0.3 is 5.32 Å². The second-order valence-corrected chi connectivity index (χ2v) is 7.95. The van der Waals surface area contributed by atoms with E-state index in [1.54, 1.807) is 0 Å². The number of nitrogens with one attached hydrogen (secondary N) is 1. The summed E-state index contributed by atoms with van der Waals surface area (Å²) in [5.74, 6) is 1.33. The highest BCUT2D eigenvalue weighted by Crippen LogP contribution is 2.23. The van der Waals surface area contributed by atoms with Crippen LogP contribution >= 0.6 is 0 Å². The summed E-state index contributed by atoms with van der Waals surface area (Å²) in [6, 6.07) is 8.79. The summed E-state index contributed by atoms with van der Waals surface area (Å²) in [7, 11) is -0.797. The number of rotatable bonds is 9. The predicted octanol–water partition coefficient (Wildman–Crippen LogP) is 4.22. The van der Waals surface area contributed by atoms with E-state index >= 15 is 0 Å². The van der Waals surface area contributed by atoms with Crippen molar-refractivity contribution in [3.63, 3.8) is 0 Å². The molecule has 0 saturated heterocycles. The van der Waals surface area contributed by atoms with E-state index in [2.05, 4.69) is 64.2 Å². The normalized spacial score (nSPS) is 17.2. The summed E-state index contributed by atoms with van der Waals surface area (Å²) in [5.41, 5.74) is 2.51. The molecule has 0 aliphatic rings. The molecule has 0 radical (unpaired) electrons. The largest absolute Gasteiger partial charge is 0.309 e. The Balaban J connectivity index is 2.85. The maximum atomic E-state index is 12.6. The molecular weight excluding hydrogens is 278 g/mol. The first-order valence-corrected chi connectivity index (χ1v) is 9.54. The maximum absolute atomic E-state index is 12.6. The van der Waals surface area contributed by atoms with Crippen LogP contribution in [0.3, 0.4) is 0 Å². The standard InChI is InChI=1S/C18H31NOS/c1-6-12-19-18(17-10-8-15(4)9-11-17)16(5)21(20)13-14(3)7-2/h8-11,14,16,18-19H,6-7,12-13H2,1-5H3. The summed E-state index contributed by atoms with van der Waals surface area (Å²) in [5, 5.41) is 3.72. The van der Waals surface area contributed by atoms with E-state index in [1.807, 2.05) is 0 Å². The third-order valence-electron chi connectivity index (χ3n) is 4.08. The Morgan fingerprint density at radius 2 is 1.76 bits per heavy atom. The summed E-state index contributed by atoms with van der Waals surface area (Å²) < 4.78 is 12.6. The molecule has 1 aromatic carbocycles. The molecule has 0 bridgehead atoms. The fourth-order valence-corrected chi connectivity index (χ4v) is 3.99. The Morgan fingerprint density at radius 1 is 1.14 bits per heavy atom. The first kappa shape index (κ1) is 18.4. The molecule has 0 aromatic heterocycles. The van der Waals surface area contributed by atoms with Crippen LogP contribution in [0.5, 0.6) is 0 Å². The third kappa shape index (κ3) is 5.91. The van der Waals surface area contributed by atoms with E-state index in [9.17, 15) is 4.21 Å². The smallest absolute Gasteiger partial charge is 0.0514 e. The summed E-state index contributed by atoms with van der Waals surface area (Å²) in [6.45, 7) is 11.7. The number of hydrogen-bond acceptors (Lipinski definition) is 2. The van der Waals surface area contributed by atoms with Gasteiger partial charge in [-0.25, -0.2) is 0 Å². The minimum Gasteiger partial charge on any atom is -0.309 e. The van der Waals surface area contributed by atoms with Crippen molar-refractivity contribution in [3.8, 4) is 0 Å². The lowest BCUT2D eigenvalue weighted by molar-refractivity contribution is 0.514. The minimum absolute atomic E-state index is 0.133. The van der Waals surface area contributed by atoms with Crippen molar-refractivity contribution >= 4 is 10.8 Å². The number of hydrogen-bond donors (Lipinski definition) is 1. The monoisotopic (exact) mass is 309 g/mol. The Kier molecular flexibility index (Phi) is 8.20. The lowest BCUT2D eigenvalue weighted by Crippen LogP contribution is -2.35. The highest BCUT2D eigenvalue weighted by atomic mass is 32.2. The molecule has 0 aliphatic heterocycles. The molecule has 2 nitrogen and oxygen atoms in total. The second kappa shape index (κ2) is 9.37. The van der Waals surface area contributed by atoms with Gasteiger partial charge in [-0.1, -0.05) is 57.0 Å². The Labute approximate surface area is 133 Å². The van der Waals surface area contributed by atoms with E-state index in [4.69, 9.17) is 0 Å². The van der Waals surface area contributed by atoms with Gasteiger partial charge in [-0.05, 0) is 38.3 Å². The van der Waals surface area contributed by atoms with Crippen molar-refractivity contribution in [1.29, 1.82) is 0 Å². The molecule has 1 N–H and O–H groups in total. The molecule has 0 amide bonds. The molecule has 120 valence electrons. The quantitative estimate of drug-likeness (QED) is 0.740. The molecule has 1 rings (SSSR count). The molecule has 0 fully saturated rings. The van der Waals surface area contributed by atoms with Gasteiger partial charge in [0.1, 0.15) is 0 Å². The van der Waals surface area contributed by atoms with Crippen LogP contribution in [-0.2, 0) is 10.8 Å². The van der Waals surface area contributed by atoms with Crippen LogP contribution in [0.25, 0.3) is 0 Å². The van der Waals surface area contributed by atoms with Gasteiger partial charge in [-0.3, -0.25) is 4.21 Å². The van der Waals surface area contributed by atoms with Gasteiger partial charge in [0.2, 0.25) is 0 Å². The summed E-state index contributed by atoms with van der Waals surface area (Å²) in [6.07, 6.45) is 2.18. The molecule has 4 atom stereocenters. The lowest BCUT2D eigenvalue weighted by atomic mass is 10.0. The highest BCUT2D eigenvalue weighted by molar-refractivity contribution is 7.85. The molecule has 3 heteroatoms. The molecule has 1 aromatic rings. The van der Waals surface area contributed by atoms with E-state index in [1.165, 1.54) is 11.1 Å².